The van der Waals surface area contributed by atoms with Gasteiger partial charge in [-0.15, -0.1) is 0 Å². The molecule has 1 N–H and O–H groups in total. The van der Waals surface area contributed by atoms with Crippen molar-refractivity contribution >= 4 is 0 Å². The van der Waals surface area contributed by atoms with E-state index in [1.54, 1.807) is 13.1 Å². The Hall–Kier alpha value is -1.36. The van der Waals surface area contributed by atoms with Crippen LogP contribution in [0.15, 0.2) is 15.8 Å². The van der Waals surface area contributed by atoms with Gasteiger partial charge in [-0.05, 0) is 25.7 Å². The summed E-state index contributed by atoms with van der Waals surface area (Å²) in [5.41, 5.74) is -0.195. The van der Waals surface area contributed by atoms with Gasteiger partial charge in [0.25, 0.3) is 5.56 Å². The normalized spacial score (nSPS) is 28.5. The standard InChI is InChI=1S/C12H18N2O3/c1-4-9-7(2)5-10(17-9)14-6-8(3)11(15)13-12(14)16/h6-7,9-10H,4-5H2,1-3H3,(H,13,15,16)/t7-,9+,10-/m0/s1. The Balaban J connectivity index is 2.34. The van der Waals surface area contributed by atoms with E-state index in [0.717, 1.165) is 12.8 Å². The predicted octanol–water partition coefficient (Wildman–Crippen LogP) is 1.18. The van der Waals surface area contributed by atoms with Crippen LogP contribution in [0.4, 0.5) is 0 Å². The van der Waals surface area contributed by atoms with Crippen LogP contribution in [-0.2, 0) is 4.74 Å². The zero-order valence-corrected chi connectivity index (χ0v) is 10.4. The van der Waals surface area contributed by atoms with E-state index >= 15 is 0 Å². The van der Waals surface area contributed by atoms with Crippen LogP contribution in [0.5, 0.6) is 0 Å². The highest BCUT2D eigenvalue weighted by atomic mass is 16.5. The molecule has 2 rings (SSSR count). The molecule has 0 radical (unpaired) electrons. The summed E-state index contributed by atoms with van der Waals surface area (Å²) in [4.78, 5) is 25.3. The van der Waals surface area contributed by atoms with Crippen molar-refractivity contribution in [3.8, 4) is 0 Å². The molecular weight excluding hydrogens is 220 g/mol. The summed E-state index contributed by atoms with van der Waals surface area (Å²) in [6, 6.07) is 0. The van der Waals surface area contributed by atoms with Gasteiger partial charge in [-0.1, -0.05) is 13.8 Å². The minimum Gasteiger partial charge on any atom is -0.354 e. The summed E-state index contributed by atoms with van der Waals surface area (Å²) in [7, 11) is 0. The number of aromatic amines is 1. The molecule has 1 aromatic rings. The minimum atomic E-state index is -0.394. The number of nitrogens with zero attached hydrogens (tertiary/aromatic N) is 1. The molecule has 1 aliphatic rings. The molecular formula is C12H18N2O3. The largest absolute Gasteiger partial charge is 0.354 e. The van der Waals surface area contributed by atoms with Crippen molar-refractivity contribution in [3.05, 3.63) is 32.6 Å². The molecule has 5 nitrogen and oxygen atoms in total. The molecule has 94 valence electrons. The molecule has 1 aliphatic heterocycles. The van der Waals surface area contributed by atoms with E-state index in [-0.39, 0.29) is 17.9 Å². The van der Waals surface area contributed by atoms with E-state index in [0.29, 0.717) is 11.5 Å². The third-order valence-corrected chi connectivity index (χ3v) is 3.40. The van der Waals surface area contributed by atoms with Gasteiger partial charge in [-0.3, -0.25) is 14.3 Å². The first-order chi connectivity index (χ1) is 8.02. The Morgan fingerprint density at radius 1 is 1.53 bits per heavy atom. The lowest BCUT2D eigenvalue weighted by Gasteiger charge is -2.15. The van der Waals surface area contributed by atoms with Crippen LogP contribution < -0.4 is 11.2 Å². The van der Waals surface area contributed by atoms with Gasteiger partial charge in [0, 0.05) is 11.8 Å². The fraction of sp³-hybridized carbons (Fsp3) is 0.667. The van der Waals surface area contributed by atoms with Gasteiger partial charge in [0.2, 0.25) is 0 Å². The highest BCUT2D eigenvalue weighted by molar-refractivity contribution is 5.01. The molecule has 17 heavy (non-hydrogen) atoms. The van der Waals surface area contributed by atoms with Crippen LogP contribution in [0.25, 0.3) is 0 Å². The Morgan fingerprint density at radius 3 is 2.82 bits per heavy atom. The Morgan fingerprint density at radius 2 is 2.24 bits per heavy atom. The minimum absolute atomic E-state index is 0.194. The van der Waals surface area contributed by atoms with Crippen molar-refractivity contribution < 1.29 is 4.74 Å². The van der Waals surface area contributed by atoms with Crippen LogP contribution in [0, 0.1) is 12.8 Å². The lowest BCUT2D eigenvalue weighted by atomic mass is 10.0. The number of aromatic nitrogens is 2. The summed E-state index contributed by atoms with van der Waals surface area (Å²) in [5, 5.41) is 0. The van der Waals surface area contributed by atoms with Crippen molar-refractivity contribution in [1.82, 2.24) is 9.55 Å². The maximum atomic E-state index is 11.7. The van der Waals surface area contributed by atoms with Crippen molar-refractivity contribution in [2.24, 2.45) is 5.92 Å². The first-order valence-corrected chi connectivity index (χ1v) is 6.00. The molecule has 3 atom stereocenters. The van der Waals surface area contributed by atoms with Crippen LogP contribution >= 0.6 is 0 Å². The second kappa shape index (κ2) is 4.49. The summed E-state index contributed by atoms with van der Waals surface area (Å²) in [6.45, 7) is 5.88. The molecule has 0 bridgehead atoms. The molecule has 0 spiro atoms. The van der Waals surface area contributed by atoms with Crippen LogP contribution in [0.1, 0.15) is 38.5 Å². The number of hydrogen-bond acceptors (Lipinski definition) is 3. The maximum Gasteiger partial charge on any atom is 0.330 e. The molecule has 0 aromatic carbocycles. The quantitative estimate of drug-likeness (QED) is 0.841. The second-order valence-corrected chi connectivity index (χ2v) is 4.73. The Bertz CT molecular complexity index is 517. The average Bonchev–Trinajstić information content (AvgIpc) is 2.65. The third kappa shape index (κ3) is 2.20. The fourth-order valence-electron chi connectivity index (χ4n) is 2.34. The van der Waals surface area contributed by atoms with Gasteiger partial charge in [-0.2, -0.15) is 0 Å². The number of aryl methyl sites for hydroxylation is 1. The van der Waals surface area contributed by atoms with Crippen LogP contribution in [-0.4, -0.2) is 15.7 Å². The molecule has 0 amide bonds. The van der Waals surface area contributed by atoms with E-state index in [1.807, 2.05) is 0 Å². The van der Waals surface area contributed by atoms with Crippen molar-refractivity contribution in [1.29, 1.82) is 0 Å². The molecule has 1 fully saturated rings. The number of H-pyrrole nitrogens is 1. The topological polar surface area (TPSA) is 64.1 Å². The molecule has 0 unspecified atom stereocenters. The van der Waals surface area contributed by atoms with E-state index < -0.39 is 5.69 Å². The van der Waals surface area contributed by atoms with E-state index in [1.165, 1.54) is 4.57 Å². The first kappa shape index (κ1) is 12.1. The average molecular weight is 238 g/mol. The van der Waals surface area contributed by atoms with Crippen molar-refractivity contribution in [2.45, 2.75) is 45.9 Å². The van der Waals surface area contributed by atoms with Crippen molar-refractivity contribution in [3.63, 3.8) is 0 Å². The van der Waals surface area contributed by atoms with E-state index in [2.05, 4.69) is 18.8 Å². The molecule has 0 aliphatic carbocycles. The molecule has 0 saturated carbocycles. The van der Waals surface area contributed by atoms with Gasteiger partial charge >= 0.3 is 5.69 Å². The second-order valence-electron chi connectivity index (χ2n) is 4.73. The zero-order chi connectivity index (χ0) is 12.6. The summed E-state index contributed by atoms with van der Waals surface area (Å²) in [6.07, 6.45) is 3.27. The number of rotatable bonds is 2. The van der Waals surface area contributed by atoms with Gasteiger partial charge in [0.15, 0.2) is 0 Å². The predicted molar refractivity (Wildman–Crippen MR) is 64.0 cm³/mol. The Kier molecular flexibility index (Phi) is 3.19. The lowest BCUT2D eigenvalue weighted by molar-refractivity contribution is -0.00768. The molecule has 1 aromatic heterocycles. The zero-order valence-electron chi connectivity index (χ0n) is 10.4. The highest BCUT2D eigenvalue weighted by Gasteiger charge is 2.32. The first-order valence-electron chi connectivity index (χ1n) is 6.00. The summed E-state index contributed by atoms with van der Waals surface area (Å²) < 4.78 is 7.31. The Labute approximate surface area is 99.4 Å². The van der Waals surface area contributed by atoms with Gasteiger partial charge in [0.05, 0.1) is 6.10 Å². The smallest absolute Gasteiger partial charge is 0.330 e. The van der Waals surface area contributed by atoms with Crippen LogP contribution in [0.2, 0.25) is 0 Å². The van der Waals surface area contributed by atoms with Crippen molar-refractivity contribution in [2.75, 3.05) is 0 Å². The number of ether oxygens (including phenoxy) is 1. The lowest BCUT2D eigenvalue weighted by Crippen LogP contribution is -2.33. The summed E-state index contributed by atoms with van der Waals surface area (Å²) in [5.74, 6) is 0.434. The molecule has 5 heteroatoms. The molecule has 2 heterocycles. The van der Waals surface area contributed by atoms with Gasteiger partial charge in [0.1, 0.15) is 6.23 Å². The maximum absolute atomic E-state index is 11.7. The van der Waals surface area contributed by atoms with E-state index in [9.17, 15) is 9.59 Å². The third-order valence-electron chi connectivity index (χ3n) is 3.40. The van der Waals surface area contributed by atoms with Gasteiger partial charge in [-0.25, -0.2) is 4.79 Å². The SMILES string of the molecule is CC[C@H]1O[C@H](n2cc(C)c(=O)[nH]c2=O)C[C@@H]1C. The molecule has 1 saturated heterocycles. The summed E-state index contributed by atoms with van der Waals surface area (Å²) >= 11 is 0. The van der Waals surface area contributed by atoms with E-state index in [4.69, 9.17) is 4.74 Å². The highest BCUT2D eigenvalue weighted by Crippen LogP contribution is 2.33. The number of hydrogen-bond donors (Lipinski definition) is 1. The van der Waals surface area contributed by atoms with Gasteiger partial charge < -0.3 is 4.74 Å². The monoisotopic (exact) mass is 238 g/mol. The number of nitrogens with one attached hydrogen (secondary N) is 1. The fourth-order valence-corrected chi connectivity index (χ4v) is 2.34. The van der Waals surface area contributed by atoms with Crippen LogP contribution in [0.3, 0.4) is 0 Å².